The standard InChI is InChI=1S/C12H20N2O2.2C4H6N2.BrH.Co/c1-9(7-11(3)15)13-5-6-14-10(2)8-12(4)16;2*1-4-5-2-3-6-4;;/h7-8,13-14H,5-6H2,1-4H3;2*2-3H,1H3,(H,5,6);1H;/p-1/b9-7-,10-8-;;;;. The molecule has 0 fully saturated rings. The predicted octanol–water partition coefficient (Wildman–Crippen LogP) is -0.411. The molecule has 0 atom stereocenters. The number of aromatic nitrogens is 4. The van der Waals surface area contributed by atoms with E-state index in [-0.39, 0.29) is 45.3 Å². The number of hydrogen-bond donors (Lipinski definition) is 4. The van der Waals surface area contributed by atoms with E-state index >= 15 is 0 Å². The molecule has 0 spiro atoms. The summed E-state index contributed by atoms with van der Waals surface area (Å²) in [7, 11) is 0. The van der Waals surface area contributed by atoms with Crippen molar-refractivity contribution in [3.63, 3.8) is 0 Å². The molecule has 0 bridgehead atoms. The Morgan fingerprint density at radius 1 is 0.833 bits per heavy atom. The Kier molecular flexibility index (Phi) is 21.8. The molecule has 0 aliphatic heterocycles. The van der Waals surface area contributed by atoms with Crippen LogP contribution >= 0.6 is 0 Å². The molecule has 0 aliphatic rings. The quantitative estimate of drug-likeness (QED) is 0.288. The van der Waals surface area contributed by atoms with Crippen LogP contribution in [0.4, 0.5) is 0 Å². The van der Waals surface area contributed by atoms with Gasteiger partial charge in [0.05, 0.1) is 0 Å². The molecular formula is C20H32BrCoN6O2-. The fourth-order valence-electron chi connectivity index (χ4n) is 1.92. The number of carbonyl (C=O) groups is 2. The van der Waals surface area contributed by atoms with Gasteiger partial charge in [0.15, 0.2) is 11.6 Å². The summed E-state index contributed by atoms with van der Waals surface area (Å²) in [5, 5.41) is 6.18. The van der Waals surface area contributed by atoms with Gasteiger partial charge in [0.2, 0.25) is 0 Å². The van der Waals surface area contributed by atoms with E-state index in [0.717, 1.165) is 23.0 Å². The Labute approximate surface area is 199 Å². The van der Waals surface area contributed by atoms with Crippen molar-refractivity contribution in [3.8, 4) is 0 Å². The summed E-state index contributed by atoms with van der Waals surface area (Å²) < 4.78 is 0. The Morgan fingerprint density at radius 3 is 1.33 bits per heavy atom. The fourth-order valence-corrected chi connectivity index (χ4v) is 1.92. The number of rotatable bonds is 7. The first kappa shape index (κ1) is 32.5. The number of aryl methyl sites for hydroxylation is 2. The van der Waals surface area contributed by atoms with Gasteiger partial charge in [-0.1, -0.05) is 0 Å². The van der Waals surface area contributed by atoms with Crippen LogP contribution < -0.4 is 27.6 Å². The number of nitrogens with one attached hydrogen (secondary N) is 4. The second-order valence-electron chi connectivity index (χ2n) is 6.08. The zero-order chi connectivity index (χ0) is 21.4. The number of carbonyl (C=O) groups excluding carboxylic acids is 2. The summed E-state index contributed by atoms with van der Waals surface area (Å²) in [5.74, 6) is 2.00. The third-order valence-electron chi connectivity index (χ3n) is 3.04. The van der Waals surface area contributed by atoms with Gasteiger partial charge in [0, 0.05) is 66.0 Å². The van der Waals surface area contributed by atoms with Crippen LogP contribution in [0.3, 0.4) is 0 Å². The van der Waals surface area contributed by atoms with E-state index in [1.807, 2.05) is 27.7 Å². The van der Waals surface area contributed by atoms with Gasteiger partial charge in [-0.05, 0) is 53.7 Å². The fraction of sp³-hybridized carbons (Fsp3) is 0.400. The molecule has 2 rings (SSSR count). The van der Waals surface area contributed by atoms with Crippen LogP contribution in [0.25, 0.3) is 0 Å². The molecule has 2 aromatic heterocycles. The van der Waals surface area contributed by atoms with E-state index in [4.69, 9.17) is 0 Å². The van der Waals surface area contributed by atoms with Crippen LogP contribution in [0, 0.1) is 13.8 Å². The second-order valence-corrected chi connectivity index (χ2v) is 6.08. The van der Waals surface area contributed by atoms with E-state index in [9.17, 15) is 9.59 Å². The van der Waals surface area contributed by atoms with Crippen molar-refractivity contribution in [3.05, 3.63) is 60.0 Å². The summed E-state index contributed by atoms with van der Waals surface area (Å²) in [5.41, 5.74) is 1.70. The van der Waals surface area contributed by atoms with Gasteiger partial charge in [0.1, 0.15) is 11.6 Å². The van der Waals surface area contributed by atoms with Crippen LogP contribution in [0.2, 0.25) is 0 Å². The molecule has 0 saturated heterocycles. The molecule has 2 aromatic rings. The molecule has 2 heterocycles. The van der Waals surface area contributed by atoms with Crippen molar-refractivity contribution < 1.29 is 43.3 Å². The molecule has 171 valence electrons. The van der Waals surface area contributed by atoms with Gasteiger partial charge in [-0.15, -0.1) is 0 Å². The molecule has 10 heteroatoms. The number of ketones is 2. The molecule has 1 radical (unpaired) electrons. The van der Waals surface area contributed by atoms with Gasteiger partial charge in [-0.2, -0.15) is 0 Å². The normalized spacial score (nSPS) is 10.1. The molecule has 0 saturated carbocycles. The monoisotopic (exact) mass is 526 g/mol. The van der Waals surface area contributed by atoms with Crippen molar-refractivity contribution in [1.29, 1.82) is 0 Å². The Balaban J connectivity index is -0.000000424. The summed E-state index contributed by atoms with van der Waals surface area (Å²) in [6.07, 6.45) is 10.2. The van der Waals surface area contributed by atoms with Crippen LogP contribution in [-0.2, 0) is 26.4 Å². The number of halogens is 1. The number of aromatic amines is 2. The van der Waals surface area contributed by atoms with E-state index in [1.165, 1.54) is 13.8 Å². The Hall–Kier alpha value is -2.17. The van der Waals surface area contributed by atoms with Crippen molar-refractivity contribution in [2.75, 3.05) is 13.1 Å². The Morgan fingerprint density at radius 2 is 1.17 bits per heavy atom. The summed E-state index contributed by atoms with van der Waals surface area (Å²) in [6.45, 7) is 12.0. The third-order valence-corrected chi connectivity index (χ3v) is 3.04. The number of imidazole rings is 2. The Bertz CT molecular complexity index is 679. The molecule has 30 heavy (non-hydrogen) atoms. The molecule has 0 aliphatic carbocycles. The van der Waals surface area contributed by atoms with Gasteiger partial charge in [0.25, 0.3) is 0 Å². The van der Waals surface area contributed by atoms with Crippen molar-refractivity contribution in [1.82, 2.24) is 30.6 Å². The van der Waals surface area contributed by atoms with Gasteiger partial charge < -0.3 is 37.6 Å². The molecular weight excluding hydrogens is 495 g/mol. The first-order chi connectivity index (χ1) is 13.2. The largest absolute Gasteiger partial charge is 1.00 e. The molecule has 4 N–H and O–H groups in total. The van der Waals surface area contributed by atoms with Crippen molar-refractivity contribution in [2.45, 2.75) is 41.5 Å². The second kappa shape index (κ2) is 20.1. The molecule has 0 amide bonds. The first-order valence-electron chi connectivity index (χ1n) is 8.98. The zero-order valence-corrected chi connectivity index (χ0v) is 20.9. The maximum absolute atomic E-state index is 10.7. The van der Waals surface area contributed by atoms with Gasteiger partial charge in [-0.3, -0.25) is 9.59 Å². The summed E-state index contributed by atoms with van der Waals surface area (Å²) in [4.78, 5) is 35.0. The smallest absolute Gasteiger partial charge is 0.154 e. The zero-order valence-electron chi connectivity index (χ0n) is 18.3. The first-order valence-corrected chi connectivity index (χ1v) is 8.98. The summed E-state index contributed by atoms with van der Waals surface area (Å²) in [6, 6.07) is 0. The minimum absolute atomic E-state index is 0. The minimum atomic E-state index is 0. The van der Waals surface area contributed by atoms with E-state index < -0.39 is 0 Å². The molecule has 0 unspecified atom stereocenters. The molecule has 0 aromatic carbocycles. The number of H-pyrrole nitrogens is 2. The minimum Gasteiger partial charge on any atom is -1.00 e. The van der Waals surface area contributed by atoms with E-state index in [0.29, 0.717) is 13.1 Å². The van der Waals surface area contributed by atoms with Crippen molar-refractivity contribution >= 4 is 11.6 Å². The average Bonchev–Trinajstić information content (AvgIpc) is 3.25. The van der Waals surface area contributed by atoms with Gasteiger partial charge >= 0.3 is 0 Å². The van der Waals surface area contributed by atoms with Gasteiger partial charge in [-0.25, -0.2) is 9.97 Å². The maximum Gasteiger partial charge on any atom is 0.154 e. The van der Waals surface area contributed by atoms with Crippen LogP contribution in [0.1, 0.15) is 39.3 Å². The maximum atomic E-state index is 10.7. The predicted molar refractivity (Wildman–Crippen MR) is 112 cm³/mol. The summed E-state index contributed by atoms with van der Waals surface area (Å²) >= 11 is 0. The van der Waals surface area contributed by atoms with Crippen molar-refractivity contribution in [2.24, 2.45) is 0 Å². The third kappa shape index (κ3) is 22.1. The number of allylic oxidation sites excluding steroid dienone is 4. The number of hydrogen-bond acceptors (Lipinski definition) is 6. The van der Waals surface area contributed by atoms with E-state index in [1.54, 1.807) is 36.9 Å². The van der Waals surface area contributed by atoms with Crippen LogP contribution in [0.5, 0.6) is 0 Å². The number of nitrogens with zero attached hydrogens (tertiary/aromatic N) is 2. The SMILES string of the molecule is CC(=O)/C=C(/C)NCCN/C(C)=C\C(C)=O.Cc1ncc[nH]1.Cc1ncc[nH]1.[Br-].[Co]. The molecule has 8 nitrogen and oxygen atoms in total. The van der Waals surface area contributed by atoms with Crippen LogP contribution in [-0.4, -0.2) is 44.6 Å². The average molecular weight is 527 g/mol. The van der Waals surface area contributed by atoms with Crippen LogP contribution in [0.15, 0.2) is 48.3 Å². The topological polar surface area (TPSA) is 116 Å². The van der Waals surface area contributed by atoms with E-state index in [2.05, 4.69) is 30.6 Å².